The molecule has 2 aromatic rings. The molecule has 5 heteroatoms. The molecular weight excluding hydrogens is 268 g/mol. The SMILES string of the molecule is COc1ccccc1CC(C)NC(=O)c1ccc(=O)[nH]c1. The van der Waals surface area contributed by atoms with Crippen LogP contribution in [-0.2, 0) is 6.42 Å². The molecule has 0 spiro atoms. The van der Waals surface area contributed by atoms with Gasteiger partial charge in [0.25, 0.3) is 5.91 Å². The molecule has 0 aliphatic rings. The fourth-order valence-corrected chi connectivity index (χ4v) is 2.11. The molecule has 1 aromatic carbocycles. The largest absolute Gasteiger partial charge is 0.496 e. The summed E-state index contributed by atoms with van der Waals surface area (Å²) in [6.45, 7) is 1.93. The van der Waals surface area contributed by atoms with Crippen LogP contribution in [0.2, 0.25) is 0 Å². The molecule has 5 nitrogen and oxygen atoms in total. The van der Waals surface area contributed by atoms with Gasteiger partial charge in [0.2, 0.25) is 5.56 Å². The van der Waals surface area contributed by atoms with Crippen LogP contribution in [-0.4, -0.2) is 24.0 Å². The minimum Gasteiger partial charge on any atom is -0.496 e. The summed E-state index contributed by atoms with van der Waals surface area (Å²) in [5.41, 5.74) is 1.24. The highest BCUT2D eigenvalue weighted by Gasteiger charge is 2.12. The van der Waals surface area contributed by atoms with Crippen molar-refractivity contribution >= 4 is 5.91 Å². The molecule has 0 bridgehead atoms. The van der Waals surface area contributed by atoms with Crippen LogP contribution >= 0.6 is 0 Å². The number of hydrogen-bond acceptors (Lipinski definition) is 3. The molecule has 0 radical (unpaired) electrons. The van der Waals surface area contributed by atoms with E-state index in [1.165, 1.54) is 18.3 Å². The van der Waals surface area contributed by atoms with Crippen molar-refractivity contribution in [2.24, 2.45) is 0 Å². The number of aromatic nitrogens is 1. The van der Waals surface area contributed by atoms with Crippen LogP contribution < -0.4 is 15.6 Å². The van der Waals surface area contributed by atoms with E-state index in [1.54, 1.807) is 7.11 Å². The minimum atomic E-state index is -0.228. The summed E-state index contributed by atoms with van der Waals surface area (Å²) in [5, 5.41) is 2.90. The third-order valence-electron chi connectivity index (χ3n) is 3.14. The van der Waals surface area contributed by atoms with Gasteiger partial charge in [0.05, 0.1) is 12.7 Å². The Balaban J connectivity index is 2.01. The number of nitrogens with one attached hydrogen (secondary N) is 2. The first-order chi connectivity index (χ1) is 10.1. The van der Waals surface area contributed by atoms with Crippen molar-refractivity contribution in [2.45, 2.75) is 19.4 Å². The van der Waals surface area contributed by atoms with Gasteiger partial charge in [0.15, 0.2) is 0 Å². The lowest BCUT2D eigenvalue weighted by Gasteiger charge is -2.15. The molecule has 0 aliphatic heterocycles. The van der Waals surface area contributed by atoms with Crippen LogP contribution in [0.5, 0.6) is 5.75 Å². The normalized spacial score (nSPS) is 11.7. The number of carbonyl (C=O) groups is 1. The summed E-state index contributed by atoms with van der Waals surface area (Å²) in [5.74, 6) is 0.594. The summed E-state index contributed by atoms with van der Waals surface area (Å²) < 4.78 is 5.30. The van der Waals surface area contributed by atoms with Crippen LogP contribution in [0, 0.1) is 0 Å². The van der Waals surface area contributed by atoms with Gasteiger partial charge in [-0.3, -0.25) is 9.59 Å². The molecule has 1 atom stereocenters. The fourth-order valence-electron chi connectivity index (χ4n) is 2.11. The predicted molar refractivity (Wildman–Crippen MR) is 80.7 cm³/mol. The molecule has 110 valence electrons. The van der Waals surface area contributed by atoms with Gasteiger partial charge in [-0.05, 0) is 31.0 Å². The number of benzene rings is 1. The maximum atomic E-state index is 12.0. The van der Waals surface area contributed by atoms with Gasteiger partial charge >= 0.3 is 0 Å². The third-order valence-corrected chi connectivity index (χ3v) is 3.14. The Morgan fingerprint density at radius 3 is 2.71 bits per heavy atom. The molecule has 2 rings (SSSR count). The zero-order valence-corrected chi connectivity index (χ0v) is 12.1. The highest BCUT2D eigenvalue weighted by atomic mass is 16.5. The van der Waals surface area contributed by atoms with E-state index in [-0.39, 0.29) is 17.5 Å². The van der Waals surface area contributed by atoms with Gasteiger partial charge in [0.1, 0.15) is 5.75 Å². The number of pyridine rings is 1. The Kier molecular flexibility index (Phi) is 4.77. The van der Waals surface area contributed by atoms with Crippen molar-refractivity contribution in [3.63, 3.8) is 0 Å². The zero-order chi connectivity index (χ0) is 15.2. The lowest BCUT2D eigenvalue weighted by molar-refractivity contribution is 0.0939. The van der Waals surface area contributed by atoms with Gasteiger partial charge in [-0.1, -0.05) is 18.2 Å². The topological polar surface area (TPSA) is 71.2 Å². The Bertz CT molecular complexity index is 659. The maximum absolute atomic E-state index is 12.0. The smallest absolute Gasteiger partial charge is 0.252 e. The Hall–Kier alpha value is -2.56. The van der Waals surface area contributed by atoms with Crippen LogP contribution in [0.15, 0.2) is 47.4 Å². The van der Waals surface area contributed by atoms with Crippen molar-refractivity contribution < 1.29 is 9.53 Å². The van der Waals surface area contributed by atoms with Crippen molar-refractivity contribution in [1.82, 2.24) is 10.3 Å². The second-order valence-corrected chi connectivity index (χ2v) is 4.83. The summed E-state index contributed by atoms with van der Waals surface area (Å²) in [4.78, 5) is 25.5. The maximum Gasteiger partial charge on any atom is 0.252 e. The number of para-hydroxylation sites is 1. The highest BCUT2D eigenvalue weighted by molar-refractivity contribution is 5.93. The number of aromatic amines is 1. The van der Waals surface area contributed by atoms with E-state index in [0.29, 0.717) is 12.0 Å². The summed E-state index contributed by atoms with van der Waals surface area (Å²) in [6, 6.07) is 10.5. The summed E-state index contributed by atoms with van der Waals surface area (Å²) in [7, 11) is 1.63. The van der Waals surface area contributed by atoms with E-state index in [4.69, 9.17) is 4.74 Å². The molecule has 1 aromatic heterocycles. The molecular formula is C16H18N2O3. The highest BCUT2D eigenvalue weighted by Crippen LogP contribution is 2.18. The number of methoxy groups -OCH3 is 1. The van der Waals surface area contributed by atoms with Gasteiger partial charge in [0, 0.05) is 18.3 Å². The van der Waals surface area contributed by atoms with E-state index in [2.05, 4.69) is 10.3 Å². The van der Waals surface area contributed by atoms with E-state index in [9.17, 15) is 9.59 Å². The Morgan fingerprint density at radius 1 is 1.29 bits per heavy atom. The molecule has 1 unspecified atom stereocenters. The van der Waals surface area contributed by atoms with Crippen LogP contribution in [0.1, 0.15) is 22.8 Å². The van der Waals surface area contributed by atoms with E-state index in [1.807, 2.05) is 31.2 Å². The van der Waals surface area contributed by atoms with E-state index < -0.39 is 0 Å². The monoisotopic (exact) mass is 286 g/mol. The standard InChI is InChI=1S/C16H18N2O3/c1-11(9-12-5-3-4-6-14(12)21-2)18-16(20)13-7-8-15(19)17-10-13/h3-8,10-11H,9H2,1-2H3,(H,17,19)(H,18,20). The van der Waals surface area contributed by atoms with Crippen LogP contribution in [0.4, 0.5) is 0 Å². The molecule has 0 aliphatic carbocycles. The number of carbonyl (C=O) groups excluding carboxylic acids is 1. The average molecular weight is 286 g/mol. The Labute approximate surface area is 123 Å². The first-order valence-electron chi connectivity index (χ1n) is 6.71. The second-order valence-electron chi connectivity index (χ2n) is 4.83. The van der Waals surface area contributed by atoms with Crippen molar-refractivity contribution in [2.75, 3.05) is 7.11 Å². The second kappa shape index (κ2) is 6.74. The lowest BCUT2D eigenvalue weighted by atomic mass is 10.1. The quantitative estimate of drug-likeness (QED) is 0.879. The van der Waals surface area contributed by atoms with Crippen LogP contribution in [0.3, 0.4) is 0 Å². The van der Waals surface area contributed by atoms with Crippen molar-refractivity contribution in [3.05, 3.63) is 64.1 Å². The molecule has 0 saturated heterocycles. The van der Waals surface area contributed by atoms with Gasteiger partial charge in [-0.2, -0.15) is 0 Å². The molecule has 2 N–H and O–H groups in total. The van der Waals surface area contributed by atoms with E-state index >= 15 is 0 Å². The van der Waals surface area contributed by atoms with Crippen molar-refractivity contribution in [3.8, 4) is 5.75 Å². The van der Waals surface area contributed by atoms with Gasteiger partial charge in [-0.25, -0.2) is 0 Å². The third kappa shape index (κ3) is 3.95. The Morgan fingerprint density at radius 2 is 2.05 bits per heavy atom. The predicted octanol–water partition coefficient (Wildman–Crippen LogP) is 1.74. The lowest BCUT2D eigenvalue weighted by Crippen LogP contribution is -2.34. The molecule has 21 heavy (non-hydrogen) atoms. The number of H-pyrrole nitrogens is 1. The number of ether oxygens (including phenoxy) is 1. The minimum absolute atomic E-state index is 0.0549. The van der Waals surface area contributed by atoms with Crippen molar-refractivity contribution in [1.29, 1.82) is 0 Å². The first-order valence-corrected chi connectivity index (χ1v) is 6.71. The average Bonchev–Trinajstić information content (AvgIpc) is 2.48. The van der Waals surface area contributed by atoms with Gasteiger partial charge < -0.3 is 15.0 Å². The zero-order valence-electron chi connectivity index (χ0n) is 12.1. The summed E-state index contributed by atoms with van der Waals surface area (Å²) >= 11 is 0. The van der Waals surface area contributed by atoms with Gasteiger partial charge in [-0.15, -0.1) is 0 Å². The molecule has 0 fully saturated rings. The molecule has 1 amide bonds. The van der Waals surface area contributed by atoms with E-state index in [0.717, 1.165) is 11.3 Å². The number of rotatable bonds is 5. The fraction of sp³-hybridized carbons (Fsp3) is 0.250. The number of hydrogen-bond donors (Lipinski definition) is 2. The van der Waals surface area contributed by atoms with Crippen LogP contribution in [0.25, 0.3) is 0 Å². The molecule has 1 heterocycles. The first kappa shape index (κ1) is 14.8. The summed E-state index contributed by atoms with van der Waals surface area (Å²) in [6.07, 6.45) is 2.08. The number of amides is 1. The molecule has 0 saturated carbocycles.